The molecule has 0 spiro atoms. The molecular formula is C21H25NO. The maximum atomic E-state index is 6.07. The number of rotatable bonds is 4. The minimum atomic E-state index is -0.0241. The molecule has 2 atom stereocenters. The average molecular weight is 307 g/mol. The Kier molecular flexibility index (Phi) is 3.65. The minimum Gasteiger partial charge on any atom is -0.488 e. The average Bonchev–Trinajstić information content (AvgIpc) is 3.33. The number of nitrogens with one attached hydrogen (secondary N) is 1. The van der Waals surface area contributed by atoms with E-state index >= 15 is 0 Å². The normalized spacial score (nSPS) is 24.6. The topological polar surface area (TPSA) is 21.3 Å². The zero-order chi connectivity index (χ0) is 15.9. The summed E-state index contributed by atoms with van der Waals surface area (Å²) in [6.45, 7) is 5.29. The van der Waals surface area contributed by atoms with Crippen molar-refractivity contribution in [3.63, 3.8) is 0 Å². The van der Waals surface area contributed by atoms with E-state index in [4.69, 9.17) is 4.74 Å². The number of hydrogen-bond donors (Lipinski definition) is 1. The zero-order valence-electron chi connectivity index (χ0n) is 14.0. The van der Waals surface area contributed by atoms with E-state index in [-0.39, 0.29) is 5.60 Å². The van der Waals surface area contributed by atoms with Crippen LogP contribution in [0, 0.1) is 0 Å². The molecule has 1 aliphatic carbocycles. The van der Waals surface area contributed by atoms with E-state index in [9.17, 15) is 0 Å². The van der Waals surface area contributed by atoms with Gasteiger partial charge >= 0.3 is 0 Å². The van der Waals surface area contributed by atoms with Crippen LogP contribution < -0.4 is 10.1 Å². The van der Waals surface area contributed by atoms with E-state index in [0.29, 0.717) is 12.0 Å². The molecule has 2 nitrogen and oxygen atoms in total. The highest BCUT2D eigenvalue weighted by atomic mass is 16.5. The van der Waals surface area contributed by atoms with Crippen LogP contribution in [0.3, 0.4) is 0 Å². The van der Waals surface area contributed by atoms with Crippen molar-refractivity contribution in [2.45, 2.75) is 57.2 Å². The van der Waals surface area contributed by atoms with Crippen LogP contribution in [0.5, 0.6) is 5.75 Å². The quantitative estimate of drug-likeness (QED) is 0.902. The van der Waals surface area contributed by atoms with E-state index in [1.54, 1.807) is 0 Å². The molecule has 4 rings (SSSR count). The zero-order valence-corrected chi connectivity index (χ0v) is 14.0. The van der Waals surface area contributed by atoms with Gasteiger partial charge in [-0.1, -0.05) is 42.5 Å². The number of aryl methyl sites for hydroxylation is 1. The lowest BCUT2D eigenvalue weighted by Crippen LogP contribution is -2.32. The SMILES string of the molecule is CC1(C)CCc2cc(CN[C@@H]3C[C@H]3c3ccccc3)ccc2O1. The van der Waals surface area contributed by atoms with Gasteiger partial charge in [0.15, 0.2) is 0 Å². The molecule has 1 N–H and O–H groups in total. The molecular weight excluding hydrogens is 282 g/mol. The first-order chi connectivity index (χ1) is 11.1. The van der Waals surface area contributed by atoms with Crippen LogP contribution in [0.25, 0.3) is 0 Å². The predicted octanol–water partition coefficient (Wildman–Crippen LogP) is 4.44. The third kappa shape index (κ3) is 3.28. The molecule has 1 aliphatic heterocycles. The van der Waals surface area contributed by atoms with Crippen molar-refractivity contribution < 1.29 is 4.74 Å². The van der Waals surface area contributed by atoms with Crippen LogP contribution in [0.2, 0.25) is 0 Å². The summed E-state index contributed by atoms with van der Waals surface area (Å²) in [7, 11) is 0. The standard InChI is InChI=1S/C21H25NO/c1-21(2)11-10-17-12-15(8-9-20(17)23-21)14-22-19-13-18(19)16-6-4-3-5-7-16/h3-9,12,18-19,22H,10-11,13-14H2,1-2H3/t18-,19+/m0/s1. The molecule has 0 radical (unpaired) electrons. The summed E-state index contributed by atoms with van der Waals surface area (Å²) in [5.74, 6) is 1.76. The third-order valence-electron chi connectivity index (χ3n) is 5.09. The van der Waals surface area contributed by atoms with E-state index in [1.807, 2.05) is 0 Å². The van der Waals surface area contributed by atoms with Crippen molar-refractivity contribution in [3.05, 3.63) is 65.2 Å². The Bertz CT molecular complexity index is 692. The first kappa shape index (κ1) is 14.8. The summed E-state index contributed by atoms with van der Waals surface area (Å²) in [6.07, 6.45) is 3.47. The molecule has 0 bridgehead atoms. The third-order valence-corrected chi connectivity index (χ3v) is 5.09. The maximum Gasteiger partial charge on any atom is 0.123 e. The van der Waals surface area contributed by atoms with Gasteiger partial charge in [0.05, 0.1) is 0 Å². The number of benzene rings is 2. The number of ether oxygens (including phenoxy) is 1. The van der Waals surface area contributed by atoms with Crippen molar-refractivity contribution in [2.75, 3.05) is 0 Å². The summed E-state index contributed by atoms with van der Waals surface area (Å²) in [6, 6.07) is 18.1. The van der Waals surface area contributed by atoms with Crippen LogP contribution in [-0.2, 0) is 13.0 Å². The second-order valence-corrected chi connectivity index (χ2v) is 7.54. The van der Waals surface area contributed by atoms with Crippen LogP contribution >= 0.6 is 0 Å². The monoisotopic (exact) mass is 307 g/mol. The van der Waals surface area contributed by atoms with Crippen molar-refractivity contribution in [1.29, 1.82) is 0 Å². The largest absolute Gasteiger partial charge is 0.488 e. The molecule has 2 aliphatic rings. The molecule has 23 heavy (non-hydrogen) atoms. The fourth-order valence-corrected chi connectivity index (χ4v) is 3.56. The van der Waals surface area contributed by atoms with Crippen LogP contribution in [-0.4, -0.2) is 11.6 Å². The Morgan fingerprint density at radius 3 is 2.78 bits per heavy atom. The highest BCUT2D eigenvalue weighted by Crippen LogP contribution is 2.41. The molecule has 0 saturated heterocycles. The molecule has 0 aromatic heterocycles. The molecule has 2 aromatic carbocycles. The van der Waals surface area contributed by atoms with Gasteiger partial charge in [-0.25, -0.2) is 0 Å². The number of fused-ring (bicyclic) bond motifs is 1. The van der Waals surface area contributed by atoms with Gasteiger partial charge in [0.25, 0.3) is 0 Å². The fourth-order valence-electron chi connectivity index (χ4n) is 3.56. The molecule has 120 valence electrons. The molecule has 0 unspecified atom stereocenters. The Labute approximate surface area is 138 Å². The van der Waals surface area contributed by atoms with Gasteiger partial charge < -0.3 is 10.1 Å². The Balaban J connectivity index is 1.36. The van der Waals surface area contributed by atoms with E-state index in [0.717, 1.165) is 25.1 Å². The first-order valence-corrected chi connectivity index (χ1v) is 8.70. The number of hydrogen-bond acceptors (Lipinski definition) is 2. The molecule has 1 fully saturated rings. The minimum absolute atomic E-state index is 0.0241. The van der Waals surface area contributed by atoms with Gasteiger partial charge in [-0.3, -0.25) is 0 Å². The van der Waals surface area contributed by atoms with Crippen molar-refractivity contribution in [1.82, 2.24) is 5.32 Å². The molecule has 2 aromatic rings. The Hall–Kier alpha value is -1.80. The summed E-state index contributed by atoms with van der Waals surface area (Å²) in [4.78, 5) is 0. The predicted molar refractivity (Wildman–Crippen MR) is 93.9 cm³/mol. The summed E-state index contributed by atoms with van der Waals surface area (Å²) < 4.78 is 6.07. The molecule has 1 heterocycles. The van der Waals surface area contributed by atoms with Crippen LogP contribution in [0.15, 0.2) is 48.5 Å². The molecule has 1 saturated carbocycles. The van der Waals surface area contributed by atoms with Crippen LogP contribution in [0.4, 0.5) is 0 Å². The van der Waals surface area contributed by atoms with Gasteiger partial charge in [0.2, 0.25) is 0 Å². The van der Waals surface area contributed by atoms with Crippen LogP contribution in [0.1, 0.15) is 49.3 Å². The van der Waals surface area contributed by atoms with Gasteiger partial charge in [0, 0.05) is 18.5 Å². The van der Waals surface area contributed by atoms with Gasteiger partial charge in [-0.05, 0) is 55.9 Å². The van der Waals surface area contributed by atoms with E-state index < -0.39 is 0 Å². The van der Waals surface area contributed by atoms with Crippen molar-refractivity contribution in [3.8, 4) is 5.75 Å². The van der Waals surface area contributed by atoms with Crippen molar-refractivity contribution in [2.24, 2.45) is 0 Å². The van der Waals surface area contributed by atoms with Gasteiger partial charge in [0.1, 0.15) is 11.4 Å². The highest BCUT2D eigenvalue weighted by molar-refractivity contribution is 5.39. The Morgan fingerprint density at radius 2 is 1.96 bits per heavy atom. The van der Waals surface area contributed by atoms with Gasteiger partial charge in [-0.15, -0.1) is 0 Å². The van der Waals surface area contributed by atoms with E-state index in [2.05, 4.69) is 67.7 Å². The van der Waals surface area contributed by atoms with Crippen molar-refractivity contribution >= 4 is 0 Å². The second kappa shape index (κ2) is 5.68. The Morgan fingerprint density at radius 1 is 1.13 bits per heavy atom. The summed E-state index contributed by atoms with van der Waals surface area (Å²) in [5, 5.41) is 3.70. The molecule has 2 heteroatoms. The fraction of sp³-hybridized carbons (Fsp3) is 0.429. The highest BCUT2D eigenvalue weighted by Gasteiger charge is 2.37. The summed E-state index contributed by atoms with van der Waals surface area (Å²) in [5.41, 5.74) is 4.17. The maximum absolute atomic E-state index is 6.07. The summed E-state index contributed by atoms with van der Waals surface area (Å²) >= 11 is 0. The molecule has 0 amide bonds. The smallest absolute Gasteiger partial charge is 0.123 e. The van der Waals surface area contributed by atoms with Gasteiger partial charge in [-0.2, -0.15) is 0 Å². The lowest BCUT2D eigenvalue weighted by molar-refractivity contribution is 0.0846. The lowest BCUT2D eigenvalue weighted by Gasteiger charge is -2.32. The van der Waals surface area contributed by atoms with E-state index in [1.165, 1.54) is 23.1 Å². The second-order valence-electron chi connectivity index (χ2n) is 7.54. The lowest BCUT2D eigenvalue weighted by atomic mass is 9.93. The first-order valence-electron chi connectivity index (χ1n) is 8.70.